The number of nitro groups is 1. The highest BCUT2D eigenvalue weighted by atomic mass is 16.6. The predicted octanol–water partition coefficient (Wildman–Crippen LogP) is 2.37. The number of piperidine rings is 1. The molecule has 0 saturated carbocycles. The summed E-state index contributed by atoms with van der Waals surface area (Å²) in [4.78, 5) is 20.3. The molecule has 2 aromatic rings. The highest BCUT2D eigenvalue weighted by molar-refractivity contribution is 5.79. The number of non-ortho nitro benzene ring substituents is 1. The fourth-order valence-electron chi connectivity index (χ4n) is 2.81. The minimum Gasteiger partial charge on any atom is -0.354 e. The quantitative estimate of drug-likeness (QED) is 0.666. The summed E-state index contributed by atoms with van der Waals surface area (Å²) in [7, 11) is 2.15. The lowest BCUT2D eigenvalue weighted by molar-refractivity contribution is -0.384. The van der Waals surface area contributed by atoms with Crippen molar-refractivity contribution in [2.75, 3.05) is 25.5 Å². The van der Waals surface area contributed by atoms with Gasteiger partial charge in [-0.25, -0.2) is 4.98 Å². The number of fused-ring (bicyclic) bond motifs is 1. The number of anilines is 1. The highest BCUT2D eigenvalue weighted by Crippen LogP contribution is 2.21. The Balaban J connectivity index is 1.71. The maximum absolute atomic E-state index is 10.8. The van der Waals surface area contributed by atoms with Crippen molar-refractivity contribution >= 4 is 22.7 Å². The molecule has 1 aliphatic rings. The number of nitrogens with zero attached hydrogens (tertiary/aromatic N) is 3. The number of likely N-dealkylation sites (N-methyl/N-ethyl adjacent to an activating group) is 1. The van der Waals surface area contributed by atoms with Gasteiger partial charge in [0.1, 0.15) is 0 Å². The summed E-state index contributed by atoms with van der Waals surface area (Å²) in [5.74, 6) is 0.671. The van der Waals surface area contributed by atoms with Crippen LogP contribution in [0.3, 0.4) is 0 Å². The Kier molecular flexibility index (Phi) is 3.74. The van der Waals surface area contributed by atoms with E-state index in [9.17, 15) is 10.1 Å². The number of nitro benzene ring substituents is 1. The standard InChI is InChI=1S/C14H19N5O2/c1-18-7-3-2-4-11(18)9-15-14-16-12-6-5-10(19(20)21)8-13(12)17-14/h5-6,8,11H,2-4,7,9H2,1H3,(H2,15,16,17). The molecule has 2 N–H and O–H groups in total. The van der Waals surface area contributed by atoms with Crippen molar-refractivity contribution in [3.8, 4) is 0 Å². The van der Waals surface area contributed by atoms with Crippen molar-refractivity contribution in [2.24, 2.45) is 0 Å². The highest BCUT2D eigenvalue weighted by Gasteiger charge is 2.19. The molecule has 7 nitrogen and oxygen atoms in total. The van der Waals surface area contributed by atoms with E-state index in [1.165, 1.54) is 31.4 Å². The summed E-state index contributed by atoms with van der Waals surface area (Å²) in [6, 6.07) is 5.17. The molecule has 1 fully saturated rings. The van der Waals surface area contributed by atoms with Gasteiger partial charge in [0.25, 0.3) is 5.69 Å². The smallest absolute Gasteiger partial charge is 0.271 e. The number of likely N-dealkylation sites (tertiary alicyclic amines) is 1. The first-order chi connectivity index (χ1) is 10.1. The van der Waals surface area contributed by atoms with E-state index in [1.54, 1.807) is 6.07 Å². The average molecular weight is 289 g/mol. The maximum atomic E-state index is 10.8. The molecule has 112 valence electrons. The molecule has 1 atom stereocenters. The van der Waals surface area contributed by atoms with E-state index in [0.717, 1.165) is 18.6 Å². The first kappa shape index (κ1) is 13.8. The molecule has 1 aliphatic heterocycles. The second kappa shape index (κ2) is 5.69. The fourth-order valence-corrected chi connectivity index (χ4v) is 2.81. The Labute approximate surface area is 122 Å². The molecule has 2 heterocycles. The number of rotatable bonds is 4. The number of nitrogens with one attached hydrogen (secondary N) is 2. The van der Waals surface area contributed by atoms with Gasteiger partial charge in [-0.2, -0.15) is 0 Å². The van der Waals surface area contributed by atoms with Crippen LogP contribution in [-0.2, 0) is 0 Å². The normalized spacial score (nSPS) is 19.8. The summed E-state index contributed by atoms with van der Waals surface area (Å²) in [6.45, 7) is 1.97. The first-order valence-electron chi connectivity index (χ1n) is 7.22. The Morgan fingerprint density at radius 3 is 3.14 bits per heavy atom. The number of H-pyrrole nitrogens is 1. The largest absolute Gasteiger partial charge is 0.354 e. The SMILES string of the molecule is CN1CCCCC1CNc1nc2ccc([N+](=O)[O-])cc2[nH]1. The Hall–Kier alpha value is -2.15. The molecule has 0 radical (unpaired) electrons. The second-order valence-electron chi connectivity index (χ2n) is 5.56. The second-order valence-corrected chi connectivity index (χ2v) is 5.56. The van der Waals surface area contributed by atoms with Gasteiger partial charge in [-0.15, -0.1) is 0 Å². The molecular weight excluding hydrogens is 270 g/mol. The predicted molar refractivity (Wildman–Crippen MR) is 81.5 cm³/mol. The third-order valence-electron chi connectivity index (χ3n) is 4.10. The van der Waals surface area contributed by atoms with Crippen LogP contribution in [0.1, 0.15) is 19.3 Å². The van der Waals surface area contributed by atoms with Crippen LogP contribution >= 0.6 is 0 Å². The van der Waals surface area contributed by atoms with Crippen LogP contribution in [0.15, 0.2) is 18.2 Å². The number of benzene rings is 1. The minimum absolute atomic E-state index is 0.0738. The number of imidazole rings is 1. The van der Waals surface area contributed by atoms with E-state index in [0.29, 0.717) is 17.5 Å². The van der Waals surface area contributed by atoms with Crippen molar-refractivity contribution in [2.45, 2.75) is 25.3 Å². The molecule has 0 bridgehead atoms. The molecular formula is C14H19N5O2. The van der Waals surface area contributed by atoms with E-state index < -0.39 is 4.92 Å². The average Bonchev–Trinajstić information content (AvgIpc) is 2.88. The molecule has 0 spiro atoms. The fraction of sp³-hybridized carbons (Fsp3) is 0.500. The summed E-state index contributed by atoms with van der Waals surface area (Å²) in [5.41, 5.74) is 1.49. The summed E-state index contributed by atoms with van der Waals surface area (Å²) < 4.78 is 0. The van der Waals surface area contributed by atoms with E-state index in [4.69, 9.17) is 0 Å². The van der Waals surface area contributed by atoms with E-state index in [2.05, 4.69) is 27.2 Å². The summed E-state index contributed by atoms with van der Waals surface area (Å²) in [6.07, 6.45) is 3.72. The van der Waals surface area contributed by atoms with Crippen molar-refractivity contribution in [3.63, 3.8) is 0 Å². The monoisotopic (exact) mass is 289 g/mol. The van der Waals surface area contributed by atoms with Gasteiger partial charge in [0.15, 0.2) is 0 Å². The zero-order valence-electron chi connectivity index (χ0n) is 12.0. The first-order valence-corrected chi connectivity index (χ1v) is 7.22. The number of hydrogen-bond donors (Lipinski definition) is 2. The van der Waals surface area contributed by atoms with E-state index in [1.807, 2.05) is 0 Å². The van der Waals surface area contributed by atoms with Crippen molar-refractivity contribution in [1.29, 1.82) is 0 Å². The third kappa shape index (κ3) is 2.97. The molecule has 7 heteroatoms. The molecule has 21 heavy (non-hydrogen) atoms. The molecule has 1 saturated heterocycles. The van der Waals surface area contributed by atoms with Gasteiger partial charge < -0.3 is 15.2 Å². The Bertz CT molecular complexity index is 654. The topological polar surface area (TPSA) is 87.1 Å². The van der Waals surface area contributed by atoms with Crippen molar-refractivity contribution < 1.29 is 4.92 Å². The third-order valence-corrected chi connectivity index (χ3v) is 4.10. The van der Waals surface area contributed by atoms with Crippen molar-refractivity contribution in [1.82, 2.24) is 14.9 Å². The molecule has 3 rings (SSSR count). The molecule has 0 amide bonds. The van der Waals surface area contributed by atoms with Gasteiger partial charge >= 0.3 is 0 Å². The van der Waals surface area contributed by atoms with Gasteiger partial charge in [0.05, 0.1) is 16.0 Å². The minimum atomic E-state index is -0.398. The van der Waals surface area contributed by atoms with Gasteiger partial charge in [0, 0.05) is 24.7 Å². The molecule has 1 aromatic carbocycles. The Morgan fingerprint density at radius 2 is 2.38 bits per heavy atom. The van der Waals surface area contributed by atoms with Crippen LogP contribution in [0.2, 0.25) is 0 Å². The molecule has 1 aromatic heterocycles. The number of aromatic amines is 1. The van der Waals surface area contributed by atoms with Crippen LogP contribution in [0.5, 0.6) is 0 Å². The lowest BCUT2D eigenvalue weighted by atomic mass is 10.0. The van der Waals surface area contributed by atoms with Crippen LogP contribution in [0, 0.1) is 10.1 Å². The van der Waals surface area contributed by atoms with Gasteiger partial charge in [-0.05, 0) is 32.5 Å². The van der Waals surface area contributed by atoms with Crippen LogP contribution in [0.4, 0.5) is 11.6 Å². The van der Waals surface area contributed by atoms with E-state index >= 15 is 0 Å². The molecule has 0 aliphatic carbocycles. The van der Waals surface area contributed by atoms with Crippen molar-refractivity contribution in [3.05, 3.63) is 28.3 Å². The Morgan fingerprint density at radius 1 is 1.52 bits per heavy atom. The maximum Gasteiger partial charge on any atom is 0.271 e. The summed E-state index contributed by atoms with van der Waals surface area (Å²) >= 11 is 0. The van der Waals surface area contributed by atoms with Crippen LogP contribution in [-0.4, -0.2) is 46.0 Å². The van der Waals surface area contributed by atoms with Crippen LogP contribution < -0.4 is 5.32 Å². The lowest BCUT2D eigenvalue weighted by Crippen LogP contribution is -2.40. The van der Waals surface area contributed by atoms with Gasteiger partial charge in [-0.1, -0.05) is 6.42 Å². The van der Waals surface area contributed by atoms with Gasteiger partial charge in [-0.3, -0.25) is 10.1 Å². The zero-order chi connectivity index (χ0) is 14.8. The number of hydrogen-bond acceptors (Lipinski definition) is 5. The lowest BCUT2D eigenvalue weighted by Gasteiger charge is -2.32. The van der Waals surface area contributed by atoms with Gasteiger partial charge in [0.2, 0.25) is 5.95 Å². The zero-order valence-corrected chi connectivity index (χ0v) is 12.0. The molecule has 1 unspecified atom stereocenters. The summed E-state index contributed by atoms with van der Waals surface area (Å²) in [5, 5.41) is 14.1. The van der Waals surface area contributed by atoms with Crippen LogP contribution in [0.25, 0.3) is 11.0 Å². The van der Waals surface area contributed by atoms with E-state index in [-0.39, 0.29) is 5.69 Å². The number of aromatic nitrogens is 2.